The SMILES string of the molecule is CC1(C)CCc2sc(-c3ccc(N4CCN(N)CC4)cc3)c(C(=O)O)c2C1. The smallest absolute Gasteiger partial charge is 0.337 e. The molecule has 1 fully saturated rings. The number of carboxylic acid groups (broad SMARTS) is 1. The van der Waals surface area contributed by atoms with Crippen LogP contribution in [-0.2, 0) is 12.8 Å². The van der Waals surface area contributed by atoms with Gasteiger partial charge < -0.3 is 10.0 Å². The van der Waals surface area contributed by atoms with Crippen LogP contribution in [0.25, 0.3) is 10.4 Å². The number of nitrogens with two attached hydrogens (primary N) is 1. The summed E-state index contributed by atoms with van der Waals surface area (Å²) in [5.41, 5.74) is 3.93. The van der Waals surface area contributed by atoms with Crippen LogP contribution >= 0.6 is 11.3 Å². The van der Waals surface area contributed by atoms with Crippen LogP contribution in [-0.4, -0.2) is 42.3 Å². The van der Waals surface area contributed by atoms with Gasteiger partial charge in [0.1, 0.15) is 0 Å². The molecule has 1 aromatic carbocycles. The molecular weight excluding hydrogens is 358 g/mol. The lowest BCUT2D eigenvalue weighted by atomic mass is 9.76. The third-order valence-corrected chi connectivity index (χ3v) is 7.14. The monoisotopic (exact) mass is 385 g/mol. The highest BCUT2D eigenvalue weighted by Gasteiger charge is 2.33. The van der Waals surface area contributed by atoms with E-state index in [9.17, 15) is 9.90 Å². The molecule has 1 aliphatic carbocycles. The molecule has 3 N–H and O–H groups in total. The Labute approximate surface area is 164 Å². The van der Waals surface area contributed by atoms with Crippen LogP contribution in [0.4, 0.5) is 5.69 Å². The van der Waals surface area contributed by atoms with Gasteiger partial charge in [0.2, 0.25) is 0 Å². The molecule has 0 saturated carbocycles. The molecular formula is C21H27N3O2S. The first-order chi connectivity index (χ1) is 12.8. The summed E-state index contributed by atoms with van der Waals surface area (Å²) in [5.74, 6) is 5.04. The molecule has 2 aliphatic rings. The summed E-state index contributed by atoms with van der Waals surface area (Å²) >= 11 is 1.67. The van der Waals surface area contributed by atoms with Crippen molar-refractivity contribution in [2.45, 2.75) is 33.1 Å². The summed E-state index contributed by atoms with van der Waals surface area (Å²) in [6.07, 6.45) is 2.95. The van der Waals surface area contributed by atoms with E-state index in [2.05, 4.69) is 43.0 Å². The molecule has 0 radical (unpaired) electrons. The molecule has 5 nitrogen and oxygen atoms in total. The second-order valence-corrected chi connectivity index (χ2v) is 9.53. The van der Waals surface area contributed by atoms with E-state index < -0.39 is 5.97 Å². The highest BCUT2D eigenvalue weighted by Crippen LogP contribution is 2.45. The third kappa shape index (κ3) is 3.61. The fraction of sp³-hybridized carbons (Fsp3) is 0.476. The average Bonchev–Trinajstić information content (AvgIpc) is 3.00. The second kappa shape index (κ2) is 6.93. The minimum absolute atomic E-state index is 0.171. The predicted molar refractivity (Wildman–Crippen MR) is 110 cm³/mol. The number of piperazine rings is 1. The van der Waals surface area contributed by atoms with Gasteiger partial charge in [-0.3, -0.25) is 5.84 Å². The highest BCUT2D eigenvalue weighted by molar-refractivity contribution is 7.16. The number of hydrogen-bond donors (Lipinski definition) is 2. The molecule has 1 aliphatic heterocycles. The predicted octanol–water partition coefficient (Wildman–Crippen LogP) is 3.62. The first-order valence-corrected chi connectivity index (χ1v) is 10.4. The van der Waals surface area contributed by atoms with Crippen molar-refractivity contribution in [3.63, 3.8) is 0 Å². The minimum atomic E-state index is -0.802. The Kier molecular flexibility index (Phi) is 4.74. The van der Waals surface area contributed by atoms with Crippen molar-refractivity contribution in [1.29, 1.82) is 0 Å². The van der Waals surface area contributed by atoms with Crippen LogP contribution in [0.3, 0.4) is 0 Å². The molecule has 1 saturated heterocycles. The molecule has 0 atom stereocenters. The fourth-order valence-electron chi connectivity index (χ4n) is 4.15. The largest absolute Gasteiger partial charge is 0.478 e. The van der Waals surface area contributed by atoms with Gasteiger partial charge in [0.15, 0.2) is 0 Å². The number of aryl methyl sites for hydroxylation is 1. The highest BCUT2D eigenvalue weighted by atomic mass is 32.1. The average molecular weight is 386 g/mol. The normalized spacial score (nSPS) is 19.7. The zero-order valence-electron chi connectivity index (χ0n) is 16.0. The van der Waals surface area contributed by atoms with Crippen molar-refractivity contribution >= 4 is 23.0 Å². The number of thiophene rings is 1. The van der Waals surface area contributed by atoms with Crippen molar-refractivity contribution < 1.29 is 9.90 Å². The van der Waals surface area contributed by atoms with Crippen molar-refractivity contribution in [2.75, 3.05) is 31.1 Å². The number of rotatable bonds is 3. The molecule has 1 aromatic heterocycles. The number of anilines is 1. The van der Waals surface area contributed by atoms with Gasteiger partial charge in [0, 0.05) is 41.6 Å². The van der Waals surface area contributed by atoms with E-state index in [1.165, 1.54) is 10.6 Å². The topological polar surface area (TPSA) is 69.8 Å². The van der Waals surface area contributed by atoms with Gasteiger partial charge in [-0.2, -0.15) is 0 Å². The third-order valence-electron chi connectivity index (χ3n) is 5.80. The Morgan fingerprint density at radius 3 is 2.44 bits per heavy atom. The molecule has 0 amide bonds. The summed E-state index contributed by atoms with van der Waals surface area (Å²) in [6.45, 7) is 8.01. The summed E-state index contributed by atoms with van der Waals surface area (Å²) < 4.78 is 0. The van der Waals surface area contributed by atoms with Gasteiger partial charge in [0.05, 0.1) is 5.56 Å². The van der Waals surface area contributed by atoms with Crippen molar-refractivity contribution in [3.05, 3.63) is 40.3 Å². The summed E-state index contributed by atoms with van der Waals surface area (Å²) in [6, 6.07) is 8.35. The maximum Gasteiger partial charge on any atom is 0.337 e. The van der Waals surface area contributed by atoms with E-state index in [0.717, 1.165) is 61.4 Å². The molecule has 0 bridgehead atoms. The Bertz CT molecular complexity index is 849. The molecule has 0 spiro atoms. The van der Waals surface area contributed by atoms with E-state index in [4.69, 9.17) is 5.84 Å². The number of nitrogens with zero attached hydrogens (tertiary/aromatic N) is 2. The van der Waals surface area contributed by atoms with Crippen LogP contribution in [0, 0.1) is 5.41 Å². The maximum absolute atomic E-state index is 12.1. The fourth-order valence-corrected chi connectivity index (χ4v) is 5.47. The number of hydrogen-bond acceptors (Lipinski definition) is 5. The lowest BCUT2D eigenvalue weighted by Crippen LogP contribution is -2.49. The second-order valence-electron chi connectivity index (χ2n) is 8.42. The van der Waals surface area contributed by atoms with Gasteiger partial charge in [-0.05, 0) is 47.9 Å². The van der Waals surface area contributed by atoms with Crippen molar-refractivity contribution in [1.82, 2.24) is 5.01 Å². The molecule has 6 heteroatoms. The number of aromatic carboxylic acids is 1. The Morgan fingerprint density at radius 2 is 1.81 bits per heavy atom. The summed E-state index contributed by atoms with van der Waals surface area (Å²) in [4.78, 5) is 16.6. The maximum atomic E-state index is 12.1. The van der Waals surface area contributed by atoms with Crippen molar-refractivity contribution in [2.24, 2.45) is 11.3 Å². The van der Waals surface area contributed by atoms with Gasteiger partial charge >= 0.3 is 5.97 Å². The minimum Gasteiger partial charge on any atom is -0.478 e. The molecule has 27 heavy (non-hydrogen) atoms. The Morgan fingerprint density at radius 1 is 1.15 bits per heavy atom. The van der Waals surface area contributed by atoms with Gasteiger partial charge in [-0.15, -0.1) is 11.3 Å². The van der Waals surface area contributed by atoms with Gasteiger partial charge in [0.25, 0.3) is 0 Å². The number of benzene rings is 1. The zero-order valence-corrected chi connectivity index (χ0v) is 16.8. The number of carbonyl (C=O) groups is 1. The van der Waals surface area contributed by atoms with E-state index >= 15 is 0 Å². The number of carboxylic acids is 1. The quantitative estimate of drug-likeness (QED) is 0.790. The van der Waals surface area contributed by atoms with Crippen LogP contribution in [0.5, 0.6) is 0 Å². The summed E-state index contributed by atoms with van der Waals surface area (Å²) in [7, 11) is 0. The molecule has 2 heterocycles. The first-order valence-electron chi connectivity index (χ1n) is 9.57. The van der Waals surface area contributed by atoms with Crippen LogP contribution in [0.1, 0.15) is 41.1 Å². The molecule has 4 rings (SSSR count). The van der Waals surface area contributed by atoms with Gasteiger partial charge in [-0.25, -0.2) is 9.80 Å². The Hall–Kier alpha value is -1.89. The molecule has 0 unspecified atom stereocenters. The number of fused-ring (bicyclic) bond motifs is 1. The van der Waals surface area contributed by atoms with Crippen LogP contribution < -0.4 is 10.7 Å². The number of hydrazine groups is 1. The van der Waals surface area contributed by atoms with E-state index in [0.29, 0.717) is 5.56 Å². The van der Waals surface area contributed by atoms with Gasteiger partial charge in [-0.1, -0.05) is 26.0 Å². The first kappa shape index (κ1) is 18.5. The Balaban J connectivity index is 1.66. The standard InChI is InChI=1S/C21H27N3O2S/c1-21(2)8-7-17-16(13-21)18(20(25)26)19(27-17)14-3-5-15(6-4-14)23-9-11-24(22)12-10-23/h3-6H,7-13,22H2,1-2H3,(H,25,26). The molecule has 144 valence electrons. The van der Waals surface area contributed by atoms with Crippen LogP contribution in [0.2, 0.25) is 0 Å². The van der Waals surface area contributed by atoms with Crippen LogP contribution in [0.15, 0.2) is 24.3 Å². The van der Waals surface area contributed by atoms with E-state index in [1.54, 1.807) is 11.3 Å². The lowest BCUT2D eigenvalue weighted by molar-refractivity contribution is 0.0696. The zero-order chi connectivity index (χ0) is 19.2. The lowest BCUT2D eigenvalue weighted by Gasteiger charge is -2.33. The van der Waals surface area contributed by atoms with Crippen molar-refractivity contribution in [3.8, 4) is 10.4 Å². The molecule has 2 aromatic rings. The summed E-state index contributed by atoms with van der Waals surface area (Å²) in [5, 5.41) is 11.8. The van der Waals surface area contributed by atoms with E-state index in [-0.39, 0.29) is 5.41 Å². The van der Waals surface area contributed by atoms with E-state index in [1.807, 2.05) is 5.01 Å².